The average molecular weight is 657 g/mol. The fourth-order valence-electron chi connectivity index (χ4n) is 7.08. The number of halogens is 3. The molecule has 1 unspecified atom stereocenters. The lowest BCUT2D eigenvalue weighted by molar-refractivity contribution is -0.121. The molecule has 8 heteroatoms. The summed E-state index contributed by atoms with van der Waals surface area (Å²) in [7, 11) is 0. The van der Waals surface area contributed by atoms with Gasteiger partial charge in [-0.25, -0.2) is 0 Å². The van der Waals surface area contributed by atoms with Crippen molar-refractivity contribution in [2.75, 3.05) is 39.3 Å². The Bertz CT molecular complexity index is 1380. The van der Waals surface area contributed by atoms with Gasteiger partial charge < -0.3 is 15.1 Å². The Morgan fingerprint density at radius 3 is 2.16 bits per heavy atom. The molecule has 2 amide bonds. The maximum absolute atomic E-state index is 13.5. The number of likely N-dealkylation sites (tertiary alicyclic amines) is 2. The molecule has 0 radical (unpaired) electrons. The number of amides is 2. The van der Waals surface area contributed by atoms with Crippen LogP contribution >= 0.6 is 35.6 Å². The highest BCUT2D eigenvalue weighted by Gasteiger charge is 2.40. The minimum atomic E-state index is -0.176. The molecule has 2 aliphatic rings. The summed E-state index contributed by atoms with van der Waals surface area (Å²) in [6.45, 7) is 7.02. The summed E-state index contributed by atoms with van der Waals surface area (Å²) in [4.78, 5) is 30.3. The predicted octanol–water partition coefficient (Wildman–Crippen LogP) is 7.93. The quantitative estimate of drug-likeness (QED) is 0.241. The maximum Gasteiger partial charge on any atom is 0.253 e. The van der Waals surface area contributed by atoms with Gasteiger partial charge in [0.05, 0.1) is 10.0 Å². The van der Waals surface area contributed by atoms with Gasteiger partial charge in [-0.1, -0.05) is 84.7 Å². The molecule has 0 bridgehead atoms. The average Bonchev–Trinajstić information content (AvgIpc) is 3.06. The van der Waals surface area contributed by atoms with Gasteiger partial charge in [-0.05, 0) is 93.6 Å². The lowest BCUT2D eigenvalue weighted by Crippen LogP contribution is -2.50. The number of piperidine rings is 2. The zero-order valence-electron chi connectivity index (χ0n) is 25.6. The SMILES string of the molecule is CCC(=O)NCC1(c2ccccc2)CCN(CCCC2(c3ccc(Cl)c(Cl)c3)CCCN(C(=O)c3ccccc3)C2)CC1.Cl. The summed E-state index contributed by atoms with van der Waals surface area (Å²) >= 11 is 12.8. The van der Waals surface area contributed by atoms with Crippen LogP contribution in [-0.4, -0.2) is 60.9 Å². The Labute approximate surface area is 278 Å². The zero-order chi connectivity index (χ0) is 30.3. The number of carbonyl (C=O) groups is 2. The van der Waals surface area contributed by atoms with E-state index in [-0.39, 0.29) is 35.1 Å². The molecule has 2 saturated heterocycles. The highest BCUT2D eigenvalue weighted by molar-refractivity contribution is 6.42. The summed E-state index contributed by atoms with van der Waals surface area (Å²) in [6.07, 6.45) is 6.49. The van der Waals surface area contributed by atoms with E-state index in [0.717, 1.165) is 70.3 Å². The first-order chi connectivity index (χ1) is 20.8. The third-order valence-electron chi connectivity index (χ3n) is 9.69. The molecular formula is C36H44Cl3N3O2. The Hall–Kier alpha value is -2.57. The minimum Gasteiger partial charge on any atom is -0.355 e. The van der Waals surface area contributed by atoms with Gasteiger partial charge in [0.15, 0.2) is 0 Å². The van der Waals surface area contributed by atoms with Crippen molar-refractivity contribution in [1.82, 2.24) is 15.1 Å². The van der Waals surface area contributed by atoms with Crippen molar-refractivity contribution in [3.63, 3.8) is 0 Å². The van der Waals surface area contributed by atoms with E-state index in [1.807, 2.05) is 54.3 Å². The normalized spacial score (nSPS) is 20.0. The third-order valence-corrected chi connectivity index (χ3v) is 10.4. The van der Waals surface area contributed by atoms with Crippen molar-refractivity contribution in [3.8, 4) is 0 Å². The number of hydrogen-bond donors (Lipinski definition) is 1. The van der Waals surface area contributed by atoms with Crippen molar-refractivity contribution in [1.29, 1.82) is 0 Å². The molecule has 5 nitrogen and oxygen atoms in total. The van der Waals surface area contributed by atoms with Crippen LogP contribution < -0.4 is 5.32 Å². The van der Waals surface area contributed by atoms with E-state index in [9.17, 15) is 9.59 Å². The van der Waals surface area contributed by atoms with Gasteiger partial charge in [0.2, 0.25) is 5.91 Å². The van der Waals surface area contributed by atoms with Crippen molar-refractivity contribution < 1.29 is 9.59 Å². The second-order valence-electron chi connectivity index (χ2n) is 12.3. The third kappa shape index (κ3) is 7.98. The van der Waals surface area contributed by atoms with Crippen LogP contribution in [0.2, 0.25) is 10.0 Å². The number of hydrogen-bond acceptors (Lipinski definition) is 3. The van der Waals surface area contributed by atoms with Crippen molar-refractivity contribution in [2.24, 2.45) is 0 Å². The molecule has 1 N–H and O–H groups in total. The second kappa shape index (κ2) is 15.6. The Kier molecular flexibility index (Phi) is 12.2. The highest BCUT2D eigenvalue weighted by atomic mass is 35.5. The summed E-state index contributed by atoms with van der Waals surface area (Å²) in [5.41, 5.74) is 3.00. The number of nitrogens with zero attached hydrogens (tertiary/aromatic N) is 2. The molecule has 0 aromatic heterocycles. The first kappa shape index (κ1) is 34.3. The van der Waals surface area contributed by atoms with Gasteiger partial charge in [-0.2, -0.15) is 0 Å². The summed E-state index contributed by atoms with van der Waals surface area (Å²) in [6, 6.07) is 26.3. The molecule has 3 aromatic rings. The number of carbonyl (C=O) groups excluding carboxylic acids is 2. The Morgan fingerprint density at radius 1 is 0.818 bits per heavy atom. The van der Waals surface area contributed by atoms with Crippen LogP contribution in [0.1, 0.15) is 73.4 Å². The molecule has 5 rings (SSSR count). The van der Waals surface area contributed by atoms with Gasteiger partial charge in [0.25, 0.3) is 5.91 Å². The zero-order valence-corrected chi connectivity index (χ0v) is 27.9. The van der Waals surface area contributed by atoms with E-state index in [2.05, 4.69) is 46.6 Å². The largest absolute Gasteiger partial charge is 0.355 e. The molecule has 236 valence electrons. The molecule has 1 atom stereocenters. The van der Waals surface area contributed by atoms with Crippen LogP contribution in [0.25, 0.3) is 0 Å². The maximum atomic E-state index is 13.5. The predicted molar refractivity (Wildman–Crippen MR) is 183 cm³/mol. The monoisotopic (exact) mass is 655 g/mol. The molecular weight excluding hydrogens is 613 g/mol. The topological polar surface area (TPSA) is 52.7 Å². The van der Waals surface area contributed by atoms with Crippen LogP contribution in [0.15, 0.2) is 78.9 Å². The van der Waals surface area contributed by atoms with Gasteiger partial charge in [-0.15, -0.1) is 12.4 Å². The molecule has 2 aliphatic heterocycles. The number of nitrogens with one attached hydrogen (secondary N) is 1. The molecule has 2 fully saturated rings. The van der Waals surface area contributed by atoms with E-state index in [0.29, 0.717) is 29.6 Å². The van der Waals surface area contributed by atoms with Gasteiger partial charge >= 0.3 is 0 Å². The lowest BCUT2D eigenvalue weighted by Gasteiger charge is -2.45. The van der Waals surface area contributed by atoms with Crippen LogP contribution in [0.4, 0.5) is 0 Å². The molecule has 0 saturated carbocycles. The first-order valence-electron chi connectivity index (χ1n) is 15.7. The van der Waals surface area contributed by atoms with Crippen LogP contribution in [0.5, 0.6) is 0 Å². The lowest BCUT2D eigenvalue weighted by atomic mass is 9.70. The summed E-state index contributed by atoms with van der Waals surface area (Å²) < 4.78 is 0. The standard InChI is InChI=1S/C36H43Cl2N3O2.ClH/c1-2-33(42)39-26-35(29-13-7-4-8-14-29)19-23-40(24-20-35)21-9-17-36(30-15-16-31(37)32(38)25-30)18-10-22-41(27-36)34(43)28-11-5-3-6-12-28;/h3-8,11-16,25H,2,9-10,17-24,26-27H2,1H3,(H,39,42);1H. The first-order valence-corrected chi connectivity index (χ1v) is 16.4. The molecule has 0 aliphatic carbocycles. The second-order valence-corrected chi connectivity index (χ2v) is 13.1. The van der Waals surface area contributed by atoms with Crippen molar-refractivity contribution in [3.05, 3.63) is 106 Å². The number of rotatable bonds is 10. The Balaban J connectivity index is 0.00000442. The molecule has 3 aromatic carbocycles. The highest BCUT2D eigenvalue weighted by Crippen LogP contribution is 2.41. The summed E-state index contributed by atoms with van der Waals surface area (Å²) in [5.74, 6) is 0.200. The molecule has 2 heterocycles. The molecule has 44 heavy (non-hydrogen) atoms. The van der Waals surface area contributed by atoms with E-state index in [4.69, 9.17) is 23.2 Å². The van der Waals surface area contributed by atoms with E-state index in [1.165, 1.54) is 11.1 Å². The fourth-order valence-corrected chi connectivity index (χ4v) is 7.37. The van der Waals surface area contributed by atoms with Crippen molar-refractivity contribution in [2.45, 2.75) is 62.7 Å². The number of benzene rings is 3. The van der Waals surface area contributed by atoms with Gasteiger partial charge in [0, 0.05) is 42.4 Å². The van der Waals surface area contributed by atoms with E-state index < -0.39 is 0 Å². The minimum absolute atomic E-state index is 0. The fraction of sp³-hybridized carbons (Fsp3) is 0.444. The Morgan fingerprint density at radius 2 is 1.50 bits per heavy atom. The smallest absolute Gasteiger partial charge is 0.253 e. The van der Waals surface area contributed by atoms with Crippen LogP contribution in [-0.2, 0) is 15.6 Å². The van der Waals surface area contributed by atoms with Crippen molar-refractivity contribution >= 4 is 47.4 Å². The van der Waals surface area contributed by atoms with Crippen LogP contribution in [0, 0.1) is 0 Å². The summed E-state index contributed by atoms with van der Waals surface area (Å²) in [5, 5.41) is 4.31. The molecule has 0 spiro atoms. The van der Waals surface area contributed by atoms with Crippen LogP contribution in [0.3, 0.4) is 0 Å². The van der Waals surface area contributed by atoms with E-state index in [1.54, 1.807) is 0 Å². The van der Waals surface area contributed by atoms with E-state index >= 15 is 0 Å². The van der Waals surface area contributed by atoms with Gasteiger partial charge in [-0.3, -0.25) is 9.59 Å². The van der Waals surface area contributed by atoms with Gasteiger partial charge in [0.1, 0.15) is 0 Å².